The summed E-state index contributed by atoms with van der Waals surface area (Å²) in [5.74, 6) is 2.22. The van der Waals surface area contributed by atoms with E-state index in [0.717, 1.165) is 62.3 Å². The minimum atomic E-state index is -0.0423. The number of carbonyl (C=O) groups is 2. The summed E-state index contributed by atoms with van der Waals surface area (Å²) in [4.78, 5) is 24.4. The fourth-order valence-corrected chi connectivity index (χ4v) is 7.90. The number of hydrogen-bond donors (Lipinski definition) is 1. The molecule has 0 radical (unpaired) electrons. The van der Waals surface area contributed by atoms with Gasteiger partial charge in [0.1, 0.15) is 11.9 Å². The maximum atomic E-state index is 13.7. The predicted octanol–water partition coefficient (Wildman–Crippen LogP) is 7.62. The minimum Gasteiger partial charge on any atom is -0.493 e. The molecule has 0 atom stereocenters. The van der Waals surface area contributed by atoms with Gasteiger partial charge in [-0.15, -0.1) is 0 Å². The first-order valence-corrected chi connectivity index (χ1v) is 16.6. The molecule has 1 aromatic heterocycles. The van der Waals surface area contributed by atoms with Gasteiger partial charge in [-0.3, -0.25) is 9.59 Å². The van der Waals surface area contributed by atoms with Crippen LogP contribution in [0.3, 0.4) is 0 Å². The fraction of sp³-hybridized carbons (Fsp3) is 0.667. The van der Waals surface area contributed by atoms with E-state index in [0.29, 0.717) is 24.9 Å². The van der Waals surface area contributed by atoms with Crippen LogP contribution in [0.1, 0.15) is 125 Å². The maximum absolute atomic E-state index is 13.7. The lowest BCUT2D eigenvalue weighted by atomic mass is 9.79. The Morgan fingerprint density at radius 3 is 2.43 bits per heavy atom. The highest BCUT2D eigenvalue weighted by atomic mass is 16.5. The highest BCUT2D eigenvalue weighted by Gasteiger charge is 2.49. The Bertz CT molecular complexity index is 1280. The van der Waals surface area contributed by atoms with Crippen LogP contribution < -0.4 is 10.1 Å². The molecule has 1 spiro atoms. The summed E-state index contributed by atoms with van der Waals surface area (Å²) in [6.45, 7) is 12.0. The van der Waals surface area contributed by atoms with Crippen LogP contribution in [0.5, 0.6) is 5.75 Å². The molecule has 0 unspecified atom stereocenters. The average Bonchev–Trinajstić information content (AvgIpc) is 3.68. The molecule has 0 saturated heterocycles. The van der Waals surface area contributed by atoms with Gasteiger partial charge in [0.2, 0.25) is 0 Å². The van der Waals surface area contributed by atoms with Crippen LogP contribution in [0, 0.1) is 18.8 Å². The van der Waals surface area contributed by atoms with Crippen LogP contribution in [-0.4, -0.2) is 36.2 Å². The molecule has 1 aliphatic heterocycles. The molecule has 6 rings (SSSR count). The van der Waals surface area contributed by atoms with Crippen molar-refractivity contribution in [3.05, 3.63) is 40.6 Å². The van der Waals surface area contributed by atoms with Crippen molar-refractivity contribution in [1.29, 1.82) is 0 Å². The molecule has 1 N–H and O–H groups in total. The average molecular weight is 575 g/mol. The lowest BCUT2D eigenvalue weighted by Crippen LogP contribution is -2.32. The summed E-state index contributed by atoms with van der Waals surface area (Å²) in [5, 5.41) is 3.28. The maximum Gasteiger partial charge on any atom is 0.293 e. The molecule has 0 bridgehead atoms. The number of hydrogen-bond acceptors (Lipinski definition) is 4. The van der Waals surface area contributed by atoms with Crippen molar-refractivity contribution >= 4 is 12.4 Å². The van der Waals surface area contributed by atoms with Gasteiger partial charge in [-0.2, -0.15) is 0 Å². The first kappa shape index (κ1) is 29.3. The highest BCUT2D eigenvalue weighted by Crippen LogP contribution is 2.58. The second-order valence-electron chi connectivity index (χ2n) is 14.8. The van der Waals surface area contributed by atoms with Crippen LogP contribution in [-0.2, 0) is 26.9 Å². The number of benzene rings is 1. The van der Waals surface area contributed by atoms with E-state index in [-0.39, 0.29) is 22.8 Å². The Labute approximate surface area is 251 Å². The number of nitrogens with zero attached hydrogens (tertiary/aromatic N) is 1. The summed E-state index contributed by atoms with van der Waals surface area (Å²) in [5.41, 5.74) is 7.17. The van der Waals surface area contributed by atoms with Crippen molar-refractivity contribution in [1.82, 2.24) is 9.88 Å². The van der Waals surface area contributed by atoms with Gasteiger partial charge in [0.15, 0.2) is 0 Å². The van der Waals surface area contributed by atoms with E-state index >= 15 is 0 Å². The van der Waals surface area contributed by atoms with Crippen molar-refractivity contribution in [3.63, 3.8) is 0 Å². The molecule has 1 aromatic carbocycles. The predicted molar refractivity (Wildman–Crippen MR) is 166 cm³/mol. The van der Waals surface area contributed by atoms with Gasteiger partial charge in [-0.25, -0.2) is 0 Å². The highest BCUT2D eigenvalue weighted by molar-refractivity contribution is 5.97. The molecule has 1 amide bonds. The van der Waals surface area contributed by atoms with Crippen molar-refractivity contribution in [2.75, 3.05) is 13.2 Å². The number of rotatable bonds is 8. The van der Waals surface area contributed by atoms with Gasteiger partial charge in [0.25, 0.3) is 12.4 Å². The molecule has 2 aromatic rings. The lowest BCUT2D eigenvalue weighted by molar-refractivity contribution is -0.135. The molecule has 42 heavy (non-hydrogen) atoms. The molecule has 6 heteroatoms. The Kier molecular flexibility index (Phi) is 8.19. The quantitative estimate of drug-likeness (QED) is 0.329. The van der Waals surface area contributed by atoms with Gasteiger partial charge >= 0.3 is 0 Å². The van der Waals surface area contributed by atoms with Crippen LogP contribution in [0.15, 0.2) is 18.2 Å². The molecular weight excluding hydrogens is 524 g/mol. The Morgan fingerprint density at radius 1 is 1.02 bits per heavy atom. The summed E-state index contributed by atoms with van der Waals surface area (Å²) in [6, 6.07) is 6.93. The van der Waals surface area contributed by atoms with E-state index in [9.17, 15) is 9.59 Å². The first-order chi connectivity index (χ1) is 20.2. The third-order valence-corrected chi connectivity index (χ3v) is 10.8. The second-order valence-corrected chi connectivity index (χ2v) is 14.8. The smallest absolute Gasteiger partial charge is 0.293 e. The van der Waals surface area contributed by atoms with E-state index < -0.39 is 0 Å². The molecule has 3 saturated carbocycles. The zero-order valence-corrected chi connectivity index (χ0v) is 26.2. The monoisotopic (exact) mass is 574 g/mol. The summed E-state index contributed by atoms with van der Waals surface area (Å²) >= 11 is 0. The molecule has 3 fully saturated rings. The normalized spacial score (nSPS) is 23.6. The first-order valence-electron chi connectivity index (χ1n) is 16.6. The van der Waals surface area contributed by atoms with Crippen molar-refractivity contribution in [2.24, 2.45) is 11.8 Å². The van der Waals surface area contributed by atoms with Crippen molar-refractivity contribution in [2.45, 2.75) is 128 Å². The van der Waals surface area contributed by atoms with Crippen LogP contribution >= 0.6 is 0 Å². The topological polar surface area (TPSA) is 69.6 Å². The number of aromatic nitrogens is 1. The van der Waals surface area contributed by atoms with Gasteiger partial charge in [0.05, 0.1) is 12.2 Å². The fourth-order valence-electron chi connectivity index (χ4n) is 7.90. The number of fused-ring (bicyclic) bond motifs is 2. The Morgan fingerprint density at radius 2 is 1.76 bits per heavy atom. The number of ether oxygens (including phenoxy) is 2. The standard InChI is InChI=1S/C36H50N2O4/c1-24-29(34(40)37-21-25-10-12-28(13-11-25)42-23-39)20-32(38(24)22-26-8-6-5-7-9-26)27-18-30(35(2,3)4)33-31(19-27)36(14-15-36)16-17-41-33/h18-20,23,25-26,28H,5-17,21-22H2,1-4H3,(H,37,40). The molecule has 3 aliphatic carbocycles. The van der Waals surface area contributed by atoms with Gasteiger partial charge in [-0.05, 0) is 106 Å². The number of carbonyl (C=O) groups excluding carboxylic acids is 2. The van der Waals surface area contributed by atoms with Crippen molar-refractivity contribution < 1.29 is 19.1 Å². The Balaban J connectivity index is 1.32. The third kappa shape index (κ3) is 5.88. The lowest BCUT2D eigenvalue weighted by Gasteiger charge is -2.33. The van der Waals surface area contributed by atoms with Gasteiger partial charge in [0, 0.05) is 41.0 Å². The van der Waals surface area contributed by atoms with Crippen LogP contribution in [0.2, 0.25) is 0 Å². The molecule has 4 aliphatic rings. The number of nitrogens with one attached hydrogen (secondary N) is 1. The second kappa shape index (κ2) is 11.7. The summed E-state index contributed by atoms with van der Waals surface area (Å²) < 4.78 is 14.0. The molecule has 2 heterocycles. The number of amides is 1. The van der Waals surface area contributed by atoms with E-state index in [2.05, 4.69) is 55.8 Å². The minimum absolute atomic E-state index is 0.0263. The van der Waals surface area contributed by atoms with Crippen LogP contribution in [0.4, 0.5) is 0 Å². The van der Waals surface area contributed by atoms with E-state index in [1.165, 1.54) is 67.3 Å². The van der Waals surface area contributed by atoms with E-state index in [1.807, 2.05) is 0 Å². The van der Waals surface area contributed by atoms with Crippen LogP contribution in [0.25, 0.3) is 11.3 Å². The van der Waals surface area contributed by atoms with E-state index in [1.54, 1.807) is 0 Å². The van der Waals surface area contributed by atoms with E-state index in [4.69, 9.17) is 9.47 Å². The Hall–Kier alpha value is -2.76. The molecule has 228 valence electrons. The molecular formula is C36H50N2O4. The zero-order chi connectivity index (χ0) is 29.5. The van der Waals surface area contributed by atoms with Gasteiger partial charge in [-0.1, -0.05) is 40.0 Å². The van der Waals surface area contributed by atoms with Gasteiger partial charge < -0.3 is 19.4 Å². The largest absolute Gasteiger partial charge is 0.493 e. The molecule has 6 nitrogen and oxygen atoms in total. The third-order valence-electron chi connectivity index (χ3n) is 10.8. The summed E-state index contributed by atoms with van der Waals surface area (Å²) in [6.07, 6.45) is 13.8. The SMILES string of the molecule is Cc1c(C(=O)NCC2CCC(OC=O)CC2)cc(-c2cc(C(C)(C)C)c3c(c2)C2(CCO3)CC2)n1CC1CCCCC1. The van der Waals surface area contributed by atoms with Crippen molar-refractivity contribution in [3.8, 4) is 17.0 Å². The summed E-state index contributed by atoms with van der Waals surface area (Å²) in [7, 11) is 0. The zero-order valence-electron chi connectivity index (χ0n) is 26.2.